The molecular formula is C30H25N5O4S2. The topological polar surface area (TPSA) is 113 Å². The summed E-state index contributed by atoms with van der Waals surface area (Å²) in [7, 11) is -3.95. The number of pyridine rings is 1. The van der Waals surface area contributed by atoms with Gasteiger partial charge in [0.2, 0.25) is 0 Å². The molecule has 6 rings (SSSR count). The molecule has 0 radical (unpaired) electrons. The fourth-order valence-corrected chi connectivity index (χ4v) is 6.57. The van der Waals surface area contributed by atoms with Gasteiger partial charge in [0.15, 0.2) is 0 Å². The molecule has 1 aliphatic rings. The molecule has 1 aliphatic heterocycles. The van der Waals surface area contributed by atoms with Crippen molar-refractivity contribution >= 4 is 49.8 Å². The number of carbonyl (C=O) groups is 2. The largest absolute Gasteiger partial charge is 0.335 e. The molecule has 0 bridgehead atoms. The smallest absolute Gasteiger partial charge is 0.273 e. The van der Waals surface area contributed by atoms with Gasteiger partial charge >= 0.3 is 0 Å². The van der Waals surface area contributed by atoms with Gasteiger partial charge in [0.05, 0.1) is 11.0 Å². The number of hydrogen-bond donors (Lipinski definition) is 1. The molecule has 1 N–H and O–H groups in total. The van der Waals surface area contributed by atoms with Crippen molar-refractivity contribution in [1.82, 2.24) is 19.8 Å². The number of hydrogen-bond acceptors (Lipinski definition) is 7. The van der Waals surface area contributed by atoms with E-state index in [0.717, 1.165) is 11.1 Å². The first-order valence-corrected chi connectivity index (χ1v) is 15.4. The lowest BCUT2D eigenvalue weighted by molar-refractivity contribution is 0.0533. The van der Waals surface area contributed by atoms with Gasteiger partial charge in [-0.1, -0.05) is 42.5 Å². The number of thiazole rings is 1. The van der Waals surface area contributed by atoms with Crippen LogP contribution in [-0.4, -0.2) is 66.2 Å². The standard InChI is InChI=1S/C30H25N5O4S2/c36-29(34-13-15-35(16-14-34)30(37)26-19-40-20-32-26)22-9-11-25(12-10-22)33-41(38,39)27-8-4-7-23-17-24(18-31-28(23)27)21-5-2-1-3-6-21/h1-12,17-20,33H,13-16H2. The lowest BCUT2D eigenvalue weighted by atomic mass is 10.1. The van der Waals surface area contributed by atoms with Gasteiger partial charge in [-0.25, -0.2) is 13.4 Å². The van der Waals surface area contributed by atoms with Crippen LogP contribution in [0, 0.1) is 0 Å². The number of anilines is 1. The summed E-state index contributed by atoms with van der Waals surface area (Å²) in [5, 5.41) is 2.43. The first-order valence-electron chi connectivity index (χ1n) is 12.9. The Morgan fingerprint density at radius 3 is 2.17 bits per heavy atom. The zero-order valence-electron chi connectivity index (χ0n) is 21.8. The van der Waals surface area contributed by atoms with Crippen molar-refractivity contribution in [3.8, 4) is 11.1 Å². The van der Waals surface area contributed by atoms with E-state index < -0.39 is 10.0 Å². The quantitative estimate of drug-likeness (QED) is 0.309. The van der Waals surface area contributed by atoms with Crippen LogP contribution in [0.2, 0.25) is 0 Å². The lowest BCUT2D eigenvalue weighted by Gasteiger charge is -2.34. The van der Waals surface area contributed by atoms with Crippen molar-refractivity contribution in [3.05, 3.63) is 107 Å². The van der Waals surface area contributed by atoms with Crippen LogP contribution < -0.4 is 4.72 Å². The Bertz CT molecular complexity index is 1820. The summed E-state index contributed by atoms with van der Waals surface area (Å²) in [5.41, 5.74) is 5.08. The minimum absolute atomic E-state index is 0.0693. The van der Waals surface area contributed by atoms with E-state index in [4.69, 9.17) is 0 Å². The van der Waals surface area contributed by atoms with Crippen LogP contribution in [-0.2, 0) is 10.0 Å². The molecule has 1 fully saturated rings. The van der Waals surface area contributed by atoms with Crippen LogP contribution >= 0.6 is 11.3 Å². The average Bonchev–Trinajstić information content (AvgIpc) is 3.56. The number of benzene rings is 3. The summed E-state index contributed by atoms with van der Waals surface area (Å²) in [6.07, 6.45) is 1.67. The zero-order valence-corrected chi connectivity index (χ0v) is 23.4. The number of rotatable bonds is 6. The van der Waals surface area contributed by atoms with Gasteiger partial charge in [0, 0.05) is 60.0 Å². The molecule has 3 heterocycles. The number of carbonyl (C=O) groups excluding carboxylic acids is 2. The second-order valence-corrected chi connectivity index (χ2v) is 11.9. The highest BCUT2D eigenvalue weighted by molar-refractivity contribution is 7.93. The molecule has 0 atom stereocenters. The van der Waals surface area contributed by atoms with Gasteiger partial charge in [-0.3, -0.25) is 19.3 Å². The predicted molar refractivity (Wildman–Crippen MR) is 158 cm³/mol. The maximum Gasteiger partial charge on any atom is 0.273 e. The number of sulfonamides is 1. The van der Waals surface area contributed by atoms with Gasteiger partial charge in [-0.15, -0.1) is 11.3 Å². The van der Waals surface area contributed by atoms with Crippen molar-refractivity contribution in [1.29, 1.82) is 0 Å². The molecule has 3 aromatic carbocycles. The molecule has 0 saturated carbocycles. The predicted octanol–water partition coefficient (Wildman–Crippen LogP) is 4.76. The van der Waals surface area contributed by atoms with Gasteiger partial charge in [-0.2, -0.15) is 0 Å². The molecule has 0 spiro atoms. The van der Waals surface area contributed by atoms with Crippen LogP contribution in [0.3, 0.4) is 0 Å². The van der Waals surface area contributed by atoms with E-state index in [0.29, 0.717) is 54.0 Å². The van der Waals surface area contributed by atoms with Crippen molar-refractivity contribution in [2.24, 2.45) is 0 Å². The molecule has 1 saturated heterocycles. The maximum atomic E-state index is 13.3. The zero-order chi connectivity index (χ0) is 28.4. The van der Waals surface area contributed by atoms with Crippen LogP contribution in [0.5, 0.6) is 0 Å². The summed E-state index contributed by atoms with van der Waals surface area (Å²) in [6.45, 7) is 1.66. The number of nitrogens with one attached hydrogen (secondary N) is 1. The van der Waals surface area contributed by atoms with Crippen LogP contribution in [0.1, 0.15) is 20.8 Å². The molecular weight excluding hydrogens is 558 g/mol. The van der Waals surface area contributed by atoms with E-state index in [1.54, 1.807) is 57.2 Å². The van der Waals surface area contributed by atoms with Crippen LogP contribution in [0.4, 0.5) is 5.69 Å². The minimum atomic E-state index is -3.95. The van der Waals surface area contributed by atoms with Gasteiger partial charge in [-0.05, 0) is 42.0 Å². The molecule has 41 heavy (non-hydrogen) atoms. The second-order valence-electron chi connectivity index (χ2n) is 9.56. The number of para-hydroxylation sites is 1. The average molecular weight is 584 g/mol. The van der Waals surface area contributed by atoms with Crippen molar-refractivity contribution in [3.63, 3.8) is 0 Å². The van der Waals surface area contributed by atoms with E-state index >= 15 is 0 Å². The second kappa shape index (κ2) is 11.1. The maximum absolute atomic E-state index is 13.3. The first-order chi connectivity index (χ1) is 19.9. The first kappa shape index (κ1) is 26.6. The highest BCUT2D eigenvalue weighted by Gasteiger charge is 2.26. The Morgan fingerprint density at radius 2 is 1.49 bits per heavy atom. The van der Waals surface area contributed by atoms with E-state index in [1.807, 2.05) is 42.5 Å². The van der Waals surface area contributed by atoms with Crippen molar-refractivity contribution in [2.45, 2.75) is 4.90 Å². The van der Waals surface area contributed by atoms with Crippen molar-refractivity contribution in [2.75, 3.05) is 30.9 Å². The molecule has 0 aliphatic carbocycles. The van der Waals surface area contributed by atoms with E-state index in [2.05, 4.69) is 14.7 Å². The lowest BCUT2D eigenvalue weighted by Crippen LogP contribution is -2.50. The summed E-state index contributed by atoms with van der Waals surface area (Å²) in [4.78, 5) is 37.6. The number of fused-ring (bicyclic) bond motifs is 1. The number of amides is 2. The summed E-state index contributed by atoms with van der Waals surface area (Å²) < 4.78 is 29.3. The summed E-state index contributed by atoms with van der Waals surface area (Å²) in [6, 6.07) is 23.1. The number of nitrogens with zero attached hydrogens (tertiary/aromatic N) is 4. The third-order valence-electron chi connectivity index (χ3n) is 6.96. The minimum Gasteiger partial charge on any atom is -0.335 e. The Morgan fingerprint density at radius 1 is 0.780 bits per heavy atom. The number of aromatic nitrogens is 2. The van der Waals surface area contributed by atoms with E-state index in [-0.39, 0.29) is 16.7 Å². The Balaban J connectivity index is 1.13. The summed E-state index contributed by atoms with van der Waals surface area (Å²) >= 11 is 1.37. The Kier molecular flexibility index (Phi) is 7.21. The summed E-state index contributed by atoms with van der Waals surface area (Å²) in [5.74, 6) is -0.305. The fourth-order valence-electron chi connectivity index (χ4n) is 4.80. The molecule has 206 valence electrons. The third kappa shape index (κ3) is 5.54. The van der Waals surface area contributed by atoms with Crippen LogP contribution in [0.15, 0.2) is 101 Å². The Labute approximate surface area is 241 Å². The van der Waals surface area contributed by atoms with Crippen LogP contribution in [0.25, 0.3) is 22.0 Å². The number of piperazine rings is 1. The van der Waals surface area contributed by atoms with Gasteiger partial charge in [0.25, 0.3) is 21.8 Å². The van der Waals surface area contributed by atoms with Gasteiger partial charge < -0.3 is 9.80 Å². The highest BCUT2D eigenvalue weighted by Crippen LogP contribution is 2.28. The highest BCUT2D eigenvalue weighted by atomic mass is 32.2. The van der Waals surface area contributed by atoms with Crippen molar-refractivity contribution < 1.29 is 18.0 Å². The molecule has 11 heteroatoms. The molecule has 2 aromatic heterocycles. The molecule has 0 unspecified atom stereocenters. The molecule has 2 amide bonds. The third-order valence-corrected chi connectivity index (χ3v) is 8.96. The Hall–Kier alpha value is -4.61. The van der Waals surface area contributed by atoms with E-state index in [9.17, 15) is 18.0 Å². The van der Waals surface area contributed by atoms with E-state index in [1.165, 1.54) is 17.4 Å². The normalized spacial score (nSPS) is 13.8. The SMILES string of the molecule is O=C(c1ccc(NS(=O)(=O)c2cccc3cc(-c4ccccc4)cnc23)cc1)N1CCN(C(=O)c2cscn2)CC1. The molecule has 5 aromatic rings. The molecule has 9 nitrogen and oxygen atoms in total. The fraction of sp³-hybridized carbons (Fsp3) is 0.133. The van der Waals surface area contributed by atoms with Gasteiger partial charge in [0.1, 0.15) is 10.6 Å². The monoisotopic (exact) mass is 583 g/mol.